The van der Waals surface area contributed by atoms with E-state index in [9.17, 15) is 15.1 Å². The van der Waals surface area contributed by atoms with Gasteiger partial charge in [0.05, 0.1) is 51.0 Å². The molecule has 0 amide bonds. The van der Waals surface area contributed by atoms with Crippen molar-refractivity contribution in [1.29, 1.82) is 0 Å². The molecule has 41 heavy (non-hydrogen) atoms. The average Bonchev–Trinajstić information content (AvgIpc) is 3.75. The summed E-state index contributed by atoms with van der Waals surface area (Å²) < 4.78 is 15.0. The first-order valence-corrected chi connectivity index (χ1v) is 14.3. The molecule has 2 N–H and O–H groups in total. The highest BCUT2D eigenvalue weighted by Crippen LogP contribution is 2.34. The molecule has 6 bridgehead atoms. The van der Waals surface area contributed by atoms with Crippen LogP contribution in [-0.2, 0) is 22.6 Å². The van der Waals surface area contributed by atoms with Crippen molar-refractivity contribution in [3.63, 3.8) is 0 Å². The van der Waals surface area contributed by atoms with Gasteiger partial charge in [0.1, 0.15) is 0 Å². The lowest BCUT2D eigenvalue weighted by Crippen LogP contribution is -2.31. The highest BCUT2D eigenvalue weighted by atomic mass is 32.1. The van der Waals surface area contributed by atoms with Gasteiger partial charge in [-0.05, 0) is 47.1 Å². The molecule has 218 valence electrons. The van der Waals surface area contributed by atoms with Gasteiger partial charge in [-0.1, -0.05) is 0 Å². The lowest BCUT2D eigenvalue weighted by molar-refractivity contribution is 0.0268. The van der Waals surface area contributed by atoms with Gasteiger partial charge in [0.15, 0.2) is 16.6 Å². The summed E-state index contributed by atoms with van der Waals surface area (Å²) in [6.45, 7) is 5.40. The summed E-state index contributed by atoms with van der Waals surface area (Å²) in [5.74, 6) is 1.19. The molecule has 4 aromatic heterocycles. The van der Waals surface area contributed by atoms with Crippen LogP contribution in [0.25, 0.3) is 22.1 Å². The number of aromatic nitrogens is 5. The van der Waals surface area contributed by atoms with Crippen LogP contribution in [-0.4, -0.2) is 110 Å². The largest absolute Gasteiger partial charge is 0.395 e. The van der Waals surface area contributed by atoms with E-state index in [-0.39, 0.29) is 13.2 Å². The minimum Gasteiger partial charge on any atom is -0.395 e. The van der Waals surface area contributed by atoms with Crippen LogP contribution in [0.4, 0.5) is 5.00 Å². The van der Waals surface area contributed by atoms with E-state index in [1.807, 2.05) is 42.7 Å². The van der Waals surface area contributed by atoms with E-state index in [1.54, 1.807) is 15.4 Å². The van der Waals surface area contributed by atoms with E-state index in [4.69, 9.17) is 24.7 Å². The van der Waals surface area contributed by atoms with Crippen LogP contribution >= 0.6 is 11.3 Å². The number of hydrogen-bond donors (Lipinski definition) is 2. The van der Waals surface area contributed by atoms with E-state index in [0.29, 0.717) is 82.3 Å². The number of rotatable bonds is 6. The summed E-state index contributed by atoms with van der Waals surface area (Å²) in [5.41, 5.74) is 2.51. The maximum absolute atomic E-state index is 11.1. The van der Waals surface area contributed by atoms with E-state index in [1.165, 1.54) is 11.3 Å². The summed E-state index contributed by atoms with van der Waals surface area (Å²) in [4.78, 5) is 21.0. The van der Waals surface area contributed by atoms with Crippen LogP contribution in [0.2, 0.25) is 0 Å². The third-order valence-electron chi connectivity index (χ3n) is 6.60. The van der Waals surface area contributed by atoms with E-state index in [0.717, 1.165) is 21.8 Å². The Bertz CT molecular complexity index is 1330. The van der Waals surface area contributed by atoms with Gasteiger partial charge in [-0.2, -0.15) is 10.2 Å². The quantitative estimate of drug-likeness (QED) is 0.325. The number of aliphatic hydroxyl groups is 2. The molecular formula is C27H34N8O5S. The van der Waals surface area contributed by atoms with E-state index in [2.05, 4.69) is 15.0 Å². The highest BCUT2D eigenvalue weighted by molar-refractivity contribution is 7.19. The molecular weight excluding hydrogens is 548 g/mol. The molecule has 13 nitrogen and oxygen atoms in total. The summed E-state index contributed by atoms with van der Waals surface area (Å²) in [7, 11) is 0. The van der Waals surface area contributed by atoms with Crippen LogP contribution in [0.3, 0.4) is 0 Å². The van der Waals surface area contributed by atoms with Crippen LogP contribution < -0.4 is 0 Å². The first-order valence-electron chi connectivity index (χ1n) is 13.5. The zero-order valence-corrected chi connectivity index (χ0v) is 23.5. The number of ether oxygens (including phenoxy) is 2. The van der Waals surface area contributed by atoms with Crippen LogP contribution in [0.1, 0.15) is 11.4 Å². The normalized spacial score (nSPS) is 16.3. The van der Waals surface area contributed by atoms with Gasteiger partial charge in [-0.15, -0.1) is 16.2 Å². The Morgan fingerprint density at radius 2 is 1.37 bits per heavy atom. The fourth-order valence-electron chi connectivity index (χ4n) is 4.55. The Hall–Kier alpha value is -3.37. The molecule has 0 aliphatic carbocycles. The molecule has 0 unspecified atom stereocenters. The Balaban J connectivity index is 1.50. The number of nitrogens with zero attached hydrogens (tertiary/aromatic N) is 8. The minimum atomic E-state index is 0.0332. The van der Waals surface area contributed by atoms with Crippen LogP contribution in [0.15, 0.2) is 54.0 Å². The third-order valence-corrected chi connectivity index (χ3v) is 7.61. The first-order chi connectivity index (χ1) is 20.1. The molecule has 0 saturated heterocycles. The highest BCUT2D eigenvalue weighted by Gasteiger charge is 2.15. The van der Waals surface area contributed by atoms with Crippen molar-refractivity contribution >= 4 is 16.3 Å². The molecule has 0 spiro atoms. The molecule has 1 aliphatic rings. The fraction of sp³-hybridized carbons (Fsp3) is 0.444. The van der Waals surface area contributed by atoms with Gasteiger partial charge in [0.2, 0.25) is 0 Å². The number of β-amino-alcohol motifs (C(OH)–C–C–N with tert-alkyl or cyclic N) is 2. The number of thiophene rings is 1. The summed E-state index contributed by atoms with van der Waals surface area (Å²) in [6, 6.07) is 11.3. The summed E-state index contributed by atoms with van der Waals surface area (Å²) in [6.07, 6.45) is 3.71. The third kappa shape index (κ3) is 7.89. The van der Waals surface area contributed by atoms with Crippen molar-refractivity contribution in [3.05, 3.63) is 65.1 Å². The SMILES string of the molecule is O=Nc1ccc(-c2cc3nc(c2)-n2ccc(n2)CN(CCO)CCOCCOCCN(CCO)Cc2ccn-3n2)s1. The molecule has 0 aromatic carbocycles. The molecule has 14 heteroatoms. The predicted molar refractivity (Wildman–Crippen MR) is 154 cm³/mol. The second-order valence-electron chi connectivity index (χ2n) is 9.53. The summed E-state index contributed by atoms with van der Waals surface area (Å²) >= 11 is 1.30. The number of fused-ring (bicyclic) bond motifs is 8. The van der Waals surface area contributed by atoms with Gasteiger partial charge in [0, 0.05) is 56.5 Å². The lowest BCUT2D eigenvalue weighted by atomic mass is 10.2. The minimum absolute atomic E-state index is 0.0332. The molecule has 5 rings (SSSR count). The maximum atomic E-state index is 11.1. The standard InChI is InChI=1S/C27H34N8O5S/c36-11-7-32-9-13-39-15-16-40-14-10-33(8-12-37)20-23-4-6-35(30-23)26-18-21(24-1-2-27(31-38)41-24)17-25(28-26)34-5-3-22(19-32)29-34/h1-6,17-18,36-37H,7-16,19-20H2. The predicted octanol–water partition coefficient (Wildman–Crippen LogP) is 2.21. The maximum Gasteiger partial charge on any atom is 0.161 e. The Morgan fingerprint density at radius 3 is 1.85 bits per heavy atom. The van der Waals surface area contributed by atoms with Gasteiger partial charge in [0.25, 0.3) is 0 Å². The van der Waals surface area contributed by atoms with Crippen molar-refractivity contribution in [3.8, 4) is 22.1 Å². The van der Waals surface area contributed by atoms with Gasteiger partial charge in [-0.25, -0.2) is 14.3 Å². The first kappa shape index (κ1) is 29.1. The molecule has 5 heterocycles. The Labute approximate surface area is 241 Å². The Morgan fingerprint density at radius 1 is 0.805 bits per heavy atom. The zero-order chi connectivity index (χ0) is 28.4. The number of nitroso groups, excluding NO2 is 1. The molecule has 0 saturated carbocycles. The monoisotopic (exact) mass is 582 g/mol. The van der Waals surface area contributed by atoms with Gasteiger partial charge >= 0.3 is 0 Å². The molecule has 0 fully saturated rings. The van der Waals surface area contributed by atoms with Crippen molar-refractivity contribution < 1.29 is 19.7 Å². The topological polar surface area (TPSA) is 143 Å². The van der Waals surface area contributed by atoms with E-state index >= 15 is 0 Å². The summed E-state index contributed by atoms with van der Waals surface area (Å²) in [5, 5.41) is 32.2. The van der Waals surface area contributed by atoms with Gasteiger partial charge in [-0.3, -0.25) is 9.80 Å². The number of pyridine rings is 1. The number of aliphatic hydroxyl groups excluding tert-OH is 2. The zero-order valence-electron chi connectivity index (χ0n) is 22.7. The van der Waals surface area contributed by atoms with Gasteiger partial charge < -0.3 is 19.7 Å². The average molecular weight is 583 g/mol. The van der Waals surface area contributed by atoms with E-state index < -0.39 is 0 Å². The molecule has 4 aromatic rings. The van der Waals surface area contributed by atoms with Crippen molar-refractivity contribution in [2.75, 3.05) is 65.8 Å². The second-order valence-corrected chi connectivity index (χ2v) is 10.6. The smallest absolute Gasteiger partial charge is 0.161 e. The van der Waals surface area contributed by atoms with Crippen LogP contribution in [0, 0.1) is 4.91 Å². The van der Waals surface area contributed by atoms with Crippen molar-refractivity contribution in [1.82, 2.24) is 34.3 Å². The van der Waals surface area contributed by atoms with Crippen molar-refractivity contribution in [2.24, 2.45) is 5.18 Å². The number of hydrogen-bond acceptors (Lipinski definition) is 12. The molecule has 0 radical (unpaired) electrons. The fourth-order valence-corrected chi connectivity index (χ4v) is 5.32. The second kappa shape index (κ2) is 14.5. The molecule has 1 aliphatic heterocycles. The molecule has 0 atom stereocenters. The lowest BCUT2D eigenvalue weighted by Gasteiger charge is -2.21. The van der Waals surface area contributed by atoms with Crippen molar-refractivity contribution in [2.45, 2.75) is 13.1 Å². The Kier molecular flexibility index (Phi) is 10.3. The van der Waals surface area contributed by atoms with Crippen LogP contribution in [0.5, 0.6) is 0 Å².